The van der Waals surface area contributed by atoms with Gasteiger partial charge in [-0.05, 0) is 55.6 Å². The molecule has 0 amide bonds. The lowest BCUT2D eigenvalue weighted by molar-refractivity contribution is 0.0771. The van der Waals surface area contributed by atoms with Gasteiger partial charge in [0.1, 0.15) is 12.7 Å². The van der Waals surface area contributed by atoms with E-state index in [1.54, 1.807) is 12.7 Å². The largest absolute Gasteiger partial charge is 0.361 e. The third-order valence-corrected chi connectivity index (χ3v) is 6.47. The van der Waals surface area contributed by atoms with Crippen LogP contribution in [0.4, 0.5) is 0 Å². The Morgan fingerprint density at radius 2 is 1.87 bits per heavy atom. The van der Waals surface area contributed by atoms with Crippen LogP contribution in [0.3, 0.4) is 0 Å². The van der Waals surface area contributed by atoms with Crippen LogP contribution in [0.1, 0.15) is 24.5 Å². The summed E-state index contributed by atoms with van der Waals surface area (Å²) in [7, 11) is 0. The number of nitrogens with one attached hydrogen (secondary N) is 1. The second-order valence-electron chi connectivity index (χ2n) is 8.62. The summed E-state index contributed by atoms with van der Waals surface area (Å²) in [4.78, 5) is 8.66. The van der Waals surface area contributed by atoms with Crippen molar-refractivity contribution in [3.05, 3.63) is 78.5 Å². The van der Waals surface area contributed by atoms with Crippen molar-refractivity contribution in [3.63, 3.8) is 0 Å². The van der Waals surface area contributed by atoms with Crippen LogP contribution >= 0.6 is 0 Å². The van der Waals surface area contributed by atoms with Crippen LogP contribution < -0.4 is 0 Å². The van der Waals surface area contributed by atoms with Gasteiger partial charge in [0.2, 0.25) is 0 Å². The number of aromatic nitrogens is 4. The summed E-state index contributed by atoms with van der Waals surface area (Å²) in [5.41, 5.74) is 5.09. The molecule has 0 bridgehead atoms. The molecule has 1 unspecified atom stereocenters. The first kappa shape index (κ1) is 20.0. The zero-order chi connectivity index (χ0) is 21.0. The summed E-state index contributed by atoms with van der Waals surface area (Å²) in [5.74, 6) is 0. The van der Waals surface area contributed by atoms with Gasteiger partial charge in [-0.3, -0.25) is 9.47 Å². The Kier molecular flexibility index (Phi) is 5.82. The van der Waals surface area contributed by atoms with E-state index in [4.69, 9.17) is 0 Å². The van der Waals surface area contributed by atoms with Gasteiger partial charge in [0, 0.05) is 55.0 Å². The van der Waals surface area contributed by atoms with Crippen molar-refractivity contribution in [1.29, 1.82) is 0 Å². The summed E-state index contributed by atoms with van der Waals surface area (Å²) >= 11 is 0. The molecule has 1 atom stereocenters. The van der Waals surface area contributed by atoms with E-state index >= 15 is 0 Å². The monoisotopic (exact) mass is 414 g/mol. The van der Waals surface area contributed by atoms with E-state index < -0.39 is 0 Å². The highest BCUT2D eigenvalue weighted by molar-refractivity contribution is 5.85. The second-order valence-corrected chi connectivity index (χ2v) is 8.62. The van der Waals surface area contributed by atoms with Crippen LogP contribution in [0.25, 0.3) is 16.6 Å². The van der Waals surface area contributed by atoms with Crippen LogP contribution in [0, 0.1) is 0 Å². The number of aryl methyl sites for hydroxylation is 1. The molecule has 160 valence electrons. The van der Waals surface area contributed by atoms with Crippen LogP contribution in [-0.2, 0) is 13.0 Å². The minimum absolute atomic E-state index is 0.591. The molecule has 1 fully saturated rings. The fourth-order valence-corrected chi connectivity index (χ4v) is 4.69. The molecule has 4 aromatic rings. The molecule has 2 aromatic carbocycles. The van der Waals surface area contributed by atoms with Crippen LogP contribution in [0.5, 0.6) is 0 Å². The number of hydrogen-bond donors (Lipinski definition) is 1. The highest BCUT2D eigenvalue weighted by Gasteiger charge is 2.23. The summed E-state index contributed by atoms with van der Waals surface area (Å²) in [6.07, 6.45) is 7.92. The Balaban J connectivity index is 1.15. The molecule has 1 aliphatic heterocycles. The summed E-state index contributed by atoms with van der Waals surface area (Å²) in [6, 6.07) is 17.9. The number of benzene rings is 2. The number of hydrogen-bond acceptors (Lipinski definition) is 4. The zero-order valence-corrected chi connectivity index (χ0v) is 18.1. The number of H-pyrrole nitrogens is 1. The van der Waals surface area contributed by atoms with Gasteiger partial charge < -0.3 is 9.88 Å². The lowest BCUT2D eigenvalue weighted by atomic mass is 10.1. The van der Waals surface area contributed by atoms with Crippen molar-refractivity contribution in [2.75, 3.05) is 26.2 Å². The zero-order valence-electron chi connectivity index (χ0n) is 18.1. The first-order chi connectivity index (χ1) is 15.3. The molecule has 31 heavy (non-hydrogen) atoms. The molecule has 0 radical (unpaired) electrons. The second kappa shape index (κ2) is 9.04. The standard InChI is InChI=1S/C25H30N6/c1-20-16-29(12-13-30(20)17-21-6-3-2-4-7-21)11-5-8-22-15-26-25-10-9-23(14-24(22)25)31-18-27-28-19-31/h2-4,6-7,9-10,14-15,18-20,26H,5,8,11-13,16-17H2,1H3. The average Bonchev–Trinajstić information content (AvgIpc) is 3.46. The molecule has 5 rings (SSSR count). The van der Waals surface area contributed by atoms with Crippen molar-refractivity contribution in [1.82, 2.24) is 29.5 Å². The van der Waals surface area contributed by atoms with Gasteiger partial charge in [0.05, 0.1) is 0 Å². The molecule has 1 N–H and O–H groups in total. The highest BCUT2D eigenvalue weighted by atomic mass is 15.3. The lowest BCUT2D eigenvalue weighted by Gasteiger charge is -2.40. The molecule has 6 heteroatoms. The normalized spacial score (nSPS) is 18.0. The van der Waals surface area contributed by atoms with Crippen molar-refractivity contribution in [2.45, 2.75) is 32.4 Å². The smallest absolute Gasteiger partial charge is 0.123 e. The molecule has 0 saturated carbocycles. The Labute approximate surface area is 183 Å². The van der Waals surface area contributed by atoms with Gasteiger partial charge in [-0.1, -0.05) is 30.3 Å². The van der Waals surface area contributed by atoms with E-state index in [-0.39, 0.29) is 0 Å². The topological polar surface area (TPSA) is 53.0 Å². The highest BCUT2D eigenvalue weighted by Crippen LogP contribution is 2.23. The lowest BCUT2D eigenvalue weighted by Crippen LogP contribution is -2.51. The van der Waals surface area contributed by atoms with Crippen LogP contribution in [-0.4, -0.2) is 61.8 Å². The molecular formula is C25H30N6. The third-order valence-electron chi connectivity index (χ3n) is 6.47. The summed E-state index contributed by atoms with van der Waals surface area (Å²) < 4.78 is 1.95. The molecule has 3 heterocycles. The Morgan fingerprint density at radius 1 is 1.03 bits per heavy atom. The van der Waals surface area contributed by atoms with E-state index in [1.807, 2.05) is 4.57 Å². The number of aromatic amines is 1. The van der Waals surface area contributed by atoms with Crippen LogP contribution in [0.2, 0.25) is 0 Å². The van der Waals surface area contributed by atoms with E-state index in [1.165, 1.54) is 28.5 Å². The molecule has 6 nitrogen and oxygen atoms in total. The van der Waals surface area contributed by atoms with E-state index in [2.05, 4.69) is 86.6 Å². The summed E-state index contributed by atoms with van der Waals surface area (Å²) in [6.45, 7) is 8.02. The first-order valence-electron chi connectivity index (χ1n) is 11.2. The summed E-state index contributed by atoms with van der Waals surface area (Å²) in [5, 5.41) is 9.14. The number of nitrogens with zero attached hydrogens (tertiary/aromatic N) is 5. The predicted octanol–water partition coefficient (Wildman–Crippen LogP) is 3.89. The quantitative estimate of drug-likeness (QED) is 0.499. The number of fused-ring (bicyclic) bond motifs is 1. The third kappa shape index (κ3) is 4.55. The van der Waals surface area contributed by atoms with E-state index in [9.17, 15) is 0 Å². The first-order valence-corrected chi connectivity index (χ1v) is 11.2. The average molecular weight is 415 g/mol. The Bertz CT molecular complexity index is 1100. The molecule has 2 aromatic heterocycles. The molecule has 1 aliphatic rings. The van der Waals surface area contributed by atoms with E-state index in [0.717, 1.165) is 44.8 Å². The minimum atomic E-state index is 0.591. The molecular weight excluding hydrogens is 384 g/mol. The van der Waals surface area contributed by atoms with E-state index in [0.29, 0.717) is 6.04 Å². The Hall–Kier alpha value is -2.96. The van der Waals surface area contributed by atoms with Gasteiger partial charge in [-0.2, -0.15) is 0 Å². The van der Waals surface area contributed by atoms with Crippen molar-refractivity contribution >= 4 is 10.9 Å². The maximum atomic E-state index is 3.92. The number of piperazine rings is 1. The fourth-order valence-electron chi connectivity index (χ4n) is 4.69. The predicted molar refractivity (Wildman–Crippen MR) is 124 cm³/mol. The Morgan fingerprint density at radius 3 is 2.68 bits per heavy atom. The fraction of sp³-hybridized carbons (Fsp3) is 0.360. The van der Waals surface area contributed by atoms with Crippen molar-refractivity contribution < 1.29 is 0 Å². The van der Waals surface area contributed by atoms with Crippen molar-refractivity contribution in [3.8, 4) is 5.69 Å². The maximum absolute atomic E-state index is 3.92. The van der Waals surface area contributed by atoms with Gasteiger partial charge in [0.25, 0.3) is 0 Å². The maximum Gasteiger partial charge on any atom is 0.123 e. The molecule has 0 spiro atoms. The van der Waals surface area contributed by atoms with Crippen LogP contribution in [0.15, 0.2) is 67.4 Å². The minimum Gasteiger partial charge on any atom is -0.361 e. The van der Waals surface area contributed by atoms with Gasteiger partial charge in [0.15, 0.2) is 0 Å². The molecule has 0 aliphatic carbocycles. The van der Waals surface area contributed by atoms with Crippen molar-refractivity contribution in [2.24, 2.45) is 0 Å². The van der Waals surface area contributed by atoms with Gasteiger partial charge >= 0.3 is 0 Å². The molecule has 1 saturated heterocycles. The van der Waals surface area contributed by atoms with Gasteiger partial charge in [-0.15, -0.1) is 10.2 Å². The number of rotatable bonds is 7. The SMILES string of the molecule is CC1CN(CCCc2c[nH]c3ccc(-n4cnnc4)cc23)CCN1Cc1ccccc1. The van der Waals surface area contributed by atoms with Gasteiger partial charge in [-0.25, -0.2) is 0 Å².